The molecule has 0 heterocycles. The molecule has 0 aliphatic heterocycles. The van der Waals surface area contributed by atoms with Gasteiger partial charge in [0.15, 0.2) is 0 Å². The van der Waals surface area contributed by atoms with E-state index in [-0.39, 0.29) is 5.56 Å². The summed E-state index contributed by atoms with van der Waals surface area (Å²) in [6.07, 6.45) is 0. The highest BCUT2D eigenvalue weighted by Crippen LogP contribution is 2.06. The van der Waals surface area contributed by atoms with Crippen molar-refractivity contribution in [1.82, 2.24) is 0 Å². The number of aryl methyl sites for hydroxylation is 1. The van der Waals surface area contributed by atoms with Crippen LogP contribution in [0.2, 0.25) is 0 Å². The minimum atomic E-state index is -0.923. The highest BCUT2D eigenvalue weighted by Gasteiger charge is 2.00. The second kappa shape index (κ2) is 5.20. The fourth-order valence-corrected chi connectivity index (χ4v) is 1.55. The molecule has 2 aromatic rings. The minimum Gasteiger partial charge on any atom is -0.478 e. The van der Waals surface area contributed by atoms with Crippen molar-refractivity contribution in [2.24, 2.45) is 0 Å². The Labute approximate surface area is 106 Å². The van der Waals surface area contributed by atoms with Crippen molar-refractivity contribution in [3.63, 3.8) is 0 Å². The smallest absolute Gasteiger partial charge is 0.335 e. The zero-order chi connectivity index (χ0) is 13.0. The van der Waals surface area contributed by atoms with Crippen molar-refractivity contribution in [2.45, 2.75) is 6.92 Å². The molecule has 0 fully saturated rings. The summed E-state index contributed by atoms with van der Waals surface area (Å²) in [6.45, 7) is 2.01. The highest BCUT2D eigenvalue weighted by atomic mass is 16.4. The normalized spacial score (nSPS) is 9.39. The summed E-state index contributed by atoms with van der Waals surface area (Å²) in [7, 11) is 0. The molecule has 2 nitrogen and oxygen atoms in total. The van der Waals surface area contributed by atoms with Crippen LogP contribution in [0.25, 0.3) is 0 Å². The van der Waals surface area contributed by atoms with Crippen molar-refractivity contribution in [1.29, 1.82) is 0 Å². The van der Waals surface area contributed by atoms with E-state index in [2.05, 4.69) is 11.8 Å². The molecule has 0 unspecified atom stereocenters. The van der Waals surface area contributed by atoms with Gasteiger partial charge < -0.3 is 5.11 Å². The average Bonchev–Trinajstić information content (AvgIpc) is 2.38. The van der Waals surface area contributed by atoms with Gasteiger partial charge in [-0.2, -0.15) is 0 Å². The van der Waals surface area contributed by atoms with Crippen molar-refractivity contribution < 1.29 is 9.90 Å². The first-order valence-electron chi connectivity index (χ1n) is 5.58. The van der Waals surface area contributed by atoms with Crippen molar-refractivity contribution in [2.75, 3.05) is 0 Å². The molecule has 0 aliphatic carbocycles. The molecule has 0 bridgehead atoms. The van der Waals surface area contributed by atoms with Gasteiger partial charge in [0, 0.05) is 11.1 Å². The quantitative estimate of drug-likeness (QED) is 0.772. The van der Waals surface area contributed by atoms with E-state index in [4.69, 9.17) is 5.11 Å². The van der Waals surface area contributed by atoms with Crippen LogP contribution in [0, 0.1) is 18.8 Å². The third-order valence-electron chi connectivity index (χ3n) is 2.62. The lowest BCUT2D eigenvalue weighted by Gasteiger charge is -1.96. The van der Waals surface area contributed by atoms with Crippen LogP contribution in [0.4, 0.5) is 0 Å². The number of benzene rings is 2. The van der Waals surface area contributed by atoms with Gasteiger partial charge in [-0.1, -0.05) is 30.0 Å². The van der Waals surface area contributed by atoms with Crippen LogP contribution in [0.5, 0.6) is 0 Å². The molecule has 0 saturated heterocycles. The average molecular weight is 236 g/mol. The number of carboxylic acids is 1. The lowest BCUT2D eigenvalue weighted by molar-refractivity contribution is 0.0697. The van der Waals surface area contributed by atoms with Gasteiger partial charge in [0.05, 0.1) is 5.56 Å². The Kier molecular flexibility index (Phi) is 3.45. The predicted molar refractivity (Wildman–Crippen MR) is 70.6 cm³/mol. The Morgan fingerprint density at radius 1 is 1.00 bits per heavy atom. The molecule has 2 heteroatoms. The molecule has 0 spiro atoms. The van der Waals surface area contributed by atoms with Crippen LogP contribution in [0.1, 0.15) is 27.0 Å². The Balaban J connectivity index is 2.25. The minimum absolute atomic E-state index is 0.274. The molecule has 2 rings (SSSR count). The molecule has 0 radical (unpaired) electrons. The molecule has 0 aromatic heterocycles. The summed E-state index contributed by atoms with van der Waals surface area (Å²) < 4.78 is 0. The van der Waals surface area contributed by atoms with Gasteiger partial charge >= 0.3 is 5.97 Å². The summed E-state index contributed by atoms with van der Waals surface area (Å²) in [5.74, 6) is 5.18. The molecule has 0 aliphatic rings. The molecule has 18 heavy (non-hydrogen) atoms. The molecular formula is C16H12O2. The zero-order valence-corrected chi connectivity index (χ0v) is 9.97. The molecule has 1 N–H and O–H groups in total. The van der Waals surface area contributed by atoms with Crippen LogP contribution >= 0.6 is 0 Å². The summed E-state index contributed by atoms with van der Waals surface area (Å²) in [5.41, 5.74) is 3.20. The number of aromatic carboxylic acids is 1. The maximum absolute atomic E-state index is 10.7. The zero-order valence-electron chi connectivity index (χ0n) is 9.97. The van der Waals surface area contributed by atoms with Crippen LogP contribution < -0.4 is 0 Å². The van der Waals surface area contributed by atoms with E-state index in [0.29, 0.717) is 0 Å². The number of rotatable bonds is 1. The topological polar surface area (TPSA) is 37.3 Å². The number of carbonyl (C=O) groups is 1. The van der Waals surface area contributed by atoms with E-state index in [1.54, 1.807) is 24.3 Å². The first kappa shape index (κ1) is 11.9. The number of hydrogen-bond acceptors (Lipinski definition) is 1. The number of hydrogen-bond donors (Lipinski definition) is 1. The third-order valence-corrected chi connectivity index (χ3v) is 2.62. The van der Waals surface area contributed by atoms with Gasteiger partial charge in [-0.25, -0.2) is 4.79 Å². The Morgan fingerprint density at radius 2 is 1.67 bits per heavy atom. The summed E-state index contributed by atoms with van der Waals surface area (Å²) in [5, 5.41) is 8.78. The summed E-state index contributed by atoms with van der Waals surface area (Å²) >= 11 is 0. The van der Waals surface area contributed by atoms with Crippen molar-refractivity contribution >= 4 is 5.97 Å². The van der Waals surface area contributed by atoms with Crippen LogP contribution in [-0.2, 0) is 0 Å². The van der Waals surface area contributed by atoms with Crippen molar-refractivity contribution in [3.05, 3.63) is 70.8 Å². The van der Waals surface area contributed by atoms with E-state index in [1.165, 1.54) is 0 Å². The lowest BCUT2D eigenvalue weighted by atomic mass is 10.1. The molecule has 0 amide bonds. The Hall–Kier alpha value is -2.53. The van der Waals surface area contributed by atoms with Gasteiger partial charge in [-0.3, -0.25) is 0 Å². The standard InChI is InChI=1S/C16H12O2/c1-12-4-2-3-5-14(12)9-6-13-7-10-15(11-8-13)16(17)18/h2-5,7-8,10-11H,1H3,(H,17,18). The molecule has 0 saturated carbocycles. The van der Waals surface area contributed by atoms with Crippen molar-refractivity contribution in [3.8, 4) is 11.8 Å². The van der Waals surface area contributed by atoms with Crippen LogP contribution in [-0.4, -0.2) is 11.1 Å². The molecular weight excluding hydrogens is 224 g/mol. The first-order chi connectivity index (χ1) is 8.66. The fraction of sp³-hybridized carbons (Fsp3) is 0.0625. The molecule has 2 aromatic carbocycles. The largest absolute Gasteiger partial charge is 0.478 e. The fourth-order valence-electron chi connectivity index (χ4n) is 1.55. The SMILES string of the molecule is Cc1ccccc1C#Cc1ccc(C(=O)O)cc1. The number of carboxylic acid groups (broad SMARTS) is 1. The summed E-state index contributed by atoms with van der Waals surface area (Å²) in [6, 6.07) is 14.5. The van der Waals surface area contributed by atoms with Crippen LogP contribution in [0.3, 0.4) is 0 Å². The Morgan fingerprint density at radius 3 is 2.28 bits per heavy atom. The second-order valence-electron chi connectivity index (χ2n) is 3.95. The van der Waals surface area contributed by atoms with E-state index >= 15 is 0 Å². The second-order valence-corrected chi connectivity index (χ2v) is 3.95. The van der Waals surface area contributed by atoms with E-state index in [9.17, 15) is 4.79 Å². The highest BCUT2D eigenvalue weighted by molar-refractivity contribution is 5.87. The van der Waals surface area contributed by atoms with Crippen LogP contribution in [0.15, 0.2) is 48.5 Å². The predicted octanol–water partition coefficient (Wildman–Crippen LogP) is 3.09. The lowest BCUT2D eigenvalue weighted by Crippen LogP contribution is -1.94. The van der Waals surface area contributed by atoms with Gasteiger partial charge in [0.1, 0.15) is 0 Å². The van der Waals surface area contributed by atoms with Gasteiger partial charge in [-0.05, 0) is 42.8 Å². The maximum atomic E-state index is 10.7. The van der Waals surface area contributed by atoms with E-state index in [0.717, 1.165) is 16.7 Å². The van der Waals surface area contributed by atoms with Gasteiger partial charge in [0.2, 0.25) is 0 Å². The summed E-state index contributed by atoms with van der Waals surface area (Å²) in [4.78, 5) is 10.7. The first-order valence-corrected chi connectivity index (χ1v) is 5.58. The molecule has 0 atom stereocenters. The molecule has 88 valence electrons. The van der Waals surface area contributed by atoms with E-state index < -0.39 is 5.97 Å². The van der Waals surface area contributed by atoms with E-state index in [1.807, 2.05) is 31.2 Å². The third kappa shape index (κ3) is 2.78. The monoisotopic (exact) mass is 236 g/mol. The van der Waals surface area contributed by atoms with Gasteiger partial charge in [0.25, 0.3) is 0 Å². The van der Waals surface area contributed by atoms with Gasteiger partial charge in [-0.15, -0.1) is 0 Å². The maximum Gasteiger partial charge on any atom is 0.335 e. The Bertz CT molecular complexity index is 628.